The molecule has 0 N–H and O–H groups in total. The molecule has 6 nitrogen and oxygen atoms in total. The molecule has 1 amide bonds. The van der Waals surface area contributed by atoms with Crippen LogP contribution >= 0.6 is 0 Å². The molecule has 1 atom stereocenters. The van der Waals surface area contributed by atoms with Crippen LogP contribution in [0, 0.1) is 0 Å². The molecule has 0 aromatic carbocycles. The lowest BCUT2D eigenvalue weighted by Gasteiger charge is -2.40. The summed E-state index contributed by atoms with van der Waals surface area (Å²) in [4.78, 5) is 19.8. The minimum Gasteiger partial charge on any atom is -0.360 e. The van der Waals surface area contributed by atoms with Gasteiger partial charge in [0.2, 0.25) is 0 Å². The lowest BCUT2D eigenvalue weighted by molar-refractivity contribution is 0.0555. The standard InChI is InChI=1S/C19H30N4O2/c1-21-9-5-4-6-15(21)14-22-10-12-23(13-11-22)19(24)18-16-7-2-3-8-17(16)25-20-18/h15H,2-14H2,1H3/t15-/m1/s1. The van der Waals surface area contributed by atoms with Crippen LogP contribution in [0.25, 0.3) is 0 Å². The Balaban J connectivity index is 1.32. The second kappa shape index (κ2) is 7.46. The number of likely N-dealkylation sites (tertiary alicyclic amines) is 1. The Morgan fingerprint density at radius 2 is 1.88 bits per heavy atom. The summed E-state index contributed by atoms with van der Waals surface area (Å²) in [5, 5.41) is 4.11. The van der Waals surface area contributed by atoms with E-state index in [2.05, 4.69) is 22.0 Å². The number of aromatic nitrogens is 1. The van der Waals surface area contributed by atoms with Gasteiger partial charge in [-0.15, -0.1) is 0 Å². The number of amides is 1. The molecule has 25 heavy (non-hydrogen) atoms. The summed E-state index contributed by atoms with van der Waals surface area (Å²) in [6.45, 7) is 5.90. The summed E-state index contributed by atoms with van der Waals surface area (Å²) in [5.41, 5.74) is 1.65. The zero-order chi connectivity index (χ0) is 17.2. The SMILES string of the molecule is CN1CCCC[C@@H]1CN1CCN(C(=O)c2noc3c2CCCC3)CC1. The van der Waals surface area contributed by atoms with E-state index in [-0.39, 0.29) is 5.91 Å². The molecule has 0 spiro atoms. The van der Waals surface area contributed by atoms with Crippen molar-refractivity contribution in [2.75, 3.05) is 46.3 Å². The first-order valence-corrected chi connectivity index (χ1v) is 9.91. The van der Waals surface area contributed by atoms with Crippen LogP contribution in [0.5, 0.6) is 0 Å². The summed E-state index contributed by atoms with van der Waals surface area (Å²) in [6.07, 6.45) is 8.14. The molecule has 3 heterocycles. The molecule has 2 aliphatic heterocycles. The van der Waals surface area contributed by atoms with Crippen LogP contribution in [-0.2, 0) is 12.8 Å². The first-order valence-electron chi connectivity index (χ1n) is 9.91. The van der Waals surface area contributed by atoms with Gasteiger partial charge in [-0.05, 0) is 45.7 Å². The van der Waals surface area contributed by atoms with E-state index in [9.17, 15) is 4.79 Å². The van der Waals surface area contributed by atoms with Crippen LogP contribution in [0.4, 0.5) is 0 Å². The summed E-state index contributed by atoms with van der Waals surface area (Å²) >= 11 is 0. The highest BCUT2D eigenvalue weighted by Gasteiger charge is 2.30. The average Bonchev–Trinajstić information content (AvgIpc) is 3.08. The van der Waals surface area contributed by atoms with E-state index in [0.717, 1.165) is 69.7 Å². The highest BCUT2D eigenvalue weighted by Crippen LogP contribution is 2.25. The molecule has 0 unspecified atom stereocenters. The Kier molecular flexibility index (Phi) is 5.08. The molecule has 6 heteroatoms. The number of rotatable bonds is 3. The topological polar surface area (TPSA) is 52.8 Å². The molecule has 4 rings (SSSR count). The molecule has 0 saturated carbocycles. The van der Waals surface area contributed by atoms with Gasteiger partial charge in [0.1, 0.15) is 5.76 Å². The molecular weight excluding hydrogens is 316 g/mol. The van der Waals surface area contributed by atoms with Crippen LogP contribution < -0.4 is 0 Å². The third kappa shape index (κ3) is 3.60. The number of likely N-dealkylation sites (N-methyl/N-ethyl adjacent to an activating group) is 1. The second-order valence-electron chi connectivity index (χ2n) is 7.86. The van der Waals surface area contributed by atoms with Crippen molar-refractivity contribution in [3.05, 3.63) is 17.0 Å². The number of fused-ring (bicyclic) bond motifs is 1. The fourth-order valence-corrected chi connectivity index (χ4v) is 4.51. The van der Waals surface area contributed by atoms with Gasteiger partial charge in [-0.1, -0.05) is 11.6 Å². The van der Waals surface area contributed by atoms with E-state index < -0.39 is 0 Å². The molecule has 2 saturated heterocycles. The molecule has 0 radical (unpaired) electrons. The quantitative estimate of drug-likeness (QED) is 0.835. The number of piperidine rings is 1. The van der Waals surface area contributed by atoms with Gasteiger partial charge in [-0.25, -0.2) is 0 Å². The third-order valence-corrected chi connectivity index (χ3v) is 6.20. The predicted molar refractivity (Wildman–Crippen MR) is 95.8 cm³/mol. The van der Waals surface area contributed by atoms with Gasteiger partial charge in [0, 0.05) is 50.7 Å². The normalized spacial score (nSPS) is 25.8. The molecular formula is C19H30N4O2. The Morgan fingerprint density at radius 1 is 1.08 bits per heavy atom. The molecule has 138 valence electrons. The van der Waals surface area contributed by atoms with E-state index in [1.807, 2.05) is 4.90 Å². The monoisotopic (exact) mass is 346 g/mol. The molecule has 1 aromatic heterocycles. The predicted octanol–water partition coefficient (Wildman–Crippen LogP) is 1.80. The Labute approximate surface area is 150 Å². The molecule has 2 fully saturated rings. The van der Waals surface area contributed by atoms with E-state index in [1.165, 1.54) is 25.8 Å². The first kappa shape index (κ1) is 17.0. The summed E-state index contributed by atoms with van der Waals surface area (Å²) in [7, 11) is 2.25. The lowest BCUT2D eigenvalue weighted by Crippen LogP contribution is -2.53. The van der Waals surface area contributed by atoms with Crippen LogP contribution in [0.1, 0.15) is 53.9 Å². The second-order valence-corrected chi connectivity index (χ2v) is 7.86. The maximum absolute atomic E-state index is 12.9. The van der Waals surface area contributed by atoms with Gasteiger partial charge < -0.3 is 14.3 Å². The fourth-order valence-electron chi connectivity index (χ4n) is 4.51. The smallest absolute Gasteiger partial charge is 0.276 e. The van der Waals surface area contributed by atoms with Gasteiger partial charge in [-0.2, -0.15) is 0 Å². The third-order valence-electron chi connectivity index (χ3n) is 6.20. The zero-order valence-electron chi connectivity index (χ0n) is 15.4. The molecule has 3 aliphatic rings. The molecule has 0 bridgehead atoms. The van der Waals surface area contributed by atoms with Crippen molar-refractivity contribution < 1.29 is 9.32 Å². The van der Waals surface area contributed by atoms with Crippen LogP contribution in [0.3, 0.4) is 0 Å². The van der Waals surface area contributed by atoms with Gasteiger partial charge in [0.25, 0.3) is 5.91 Å². The number of piperazine rings is 1. The van der Waals surface area contributed by atoms with Crippen molar-refractivity contribution in [1.82, 2.24) is 19.9 Å². The van der Waals surface area contributed by atoms with Crippen molar-refractivity contribution in [2.24, 2.45) is 0 Å². The highest BCUT2D eigenvalue weighted by atomic mass is 16.5. The largest absolute Gasteiger partial charge is 0.360 e. The first-order chi connectivity index (χ1) is 12.2. The minimum absolute atomic E-state index is 0.0707. The molecule has 1 aliphatic carbocycles. The van der Waals surface area contributed by atoms with Crippen LogP contribution in [-0.4, -0.2) is 78.1 Å². The summed E-state index contributed by atoms with van der Waals surface area (Å²) < 4.78 is 5.42. The molecule has 1 aromatic rings. The van der Waals surface area contributed by atoms with Gasteiger partial charge >= 0.3 is 0 Å². The minimum atomic E-state index is 0.0707. The summed E-state index contributed by atoms with van der Waals surface area (Å²) in [5.74, 6) is 1.01. The number of aryl methyl sites for hydroxylation is 1. The number of hydrogen-bond donors (Lipinski definition) is 0. The van der Waals surface area contributed by atoms with Crippen molar-refractivity contribution in [3.63, 3.8) is 0 Å². The summed E-state index contributed by atoms with van der Waals surface area (Å²) in [6, 6.07) is 0.679. The van der Waals surface area contributed by atoms with Crippen molar-refractivity contribution >= 4 is 5.91 Å². The maximum Gasteiger partial charge on any atom is 0.276 e. The van der Waals surface area contributed by atoms with E-state index in [1.54, 1.807) is 0 Å². The highest BCUT2D eigenvalue weighted by molar-refractivity contribution is 5.94. The van der Waals surface area contributed by atoms with Crippen LogP contribution in [0.2, 0.25) is 0 Å². The zero-order valence-corrected chi connectivity index (χ0v) is 15.4. The van der Waals surface area contributed by atoms with Gasteiger partial charge in [0.05, 0.1) is 0 Å². The Hall–Kier alpha value is -1.40. The Morgan fingerprint density at radius 3 is 2.68 bits per heavy atom. The number of carbonyl (C=O) groups excluding carboxylic acids is 1. The number of hydrogen-bond acceptors (Lipinski definition) is 5. The van der Waals surface area contributed by atoms with E-state index >= 15 is 0 Å². The van der Waals surface area contributed by atoms with Gasteiger partial charge in [-0.3, -0.25) is 9.69 Å². The van der Waals surface area contributed by atoms with Crippen molar-refractivity contribution in [1.29, 1.82) is 0 Å². The van der Waals surface area contributed by atoms with E-state index in [4.69, 9.17) is 4.52 Å². The lowest BCUT2D eigenvalue weighted by atomic mass is 9.96. The number of nitrogens with zero attached hydrogens (tertiary/aromatic N) is 4. The van der Waals surface area contributed by atoms with Crippen molar-refractivity contribution in [2.45, 2.75) is 51.0 Å². The van der Waals surface area contributed by atoms with Crippen LogP contribution in [0.15, 0.2) is 4.52 Å². The van der Waals surface area contributed by atoms with Crippen molar-refractivity contribution in [3.8, 4) is 0 Å². The average molecular weight is 346 g/mol. The number of carbonyl (C=O) groups is 1. The fraction of sp³-hybridized carbons (Fsp3) is 0.789. The van der Waals surface area contributed by atoms with Gasteiger partial charge in [0.15, 0.2) is 5.69 Å². The van der Waals surface area contributed by atoms with E-state index in [0.29, 0.717) is 11.7 Å². The maximum atomic E-state index is 12.9. The Bertz CT molecular complexity index is 607.